The fourth-order valence-electron chi connectivity index (χ4n) is 2.75. The molecule has 0 spiro atoms. The van der Waals surface area contributed by atoms with Gasteiger partial charge in [0, 0.05) is 12.1 Å². The number of rotatable bonds is 10. The molecule has 0 saturated carbocycles. The Morgan fingerprint density at radius 3 is 2.43 bits per heavy atom. The third kappa shape index (κ3) is 4.22. The van der Waals surface area contributed by atoms with Crippen LogP contribution in [0.2, 0.25) is 0 Å². The highest BCUT2D eigenvalue weighted by molar-refractivity contribution is 7.98. The van der Waals surface area contributed by atoms with E-state index in [1.807, 2.05) is 4.57 Å². The van der Waals surface area contributed by atoms with Gasteiger partial charge in [-0.05, 0) is 12.1 Å². The number of methoxy groups -OCH3 is 3. The Morgan fingerprint density at radius 1 is 1.20 bits per heavy atom. The lowest BCUT2D eigenvalue weighted by molar-refractivity contribution is -0.385. The summed E-state index contributed by atoms with van der Waals surface area (Å²) in [6, 6.07) is 3.58. The van der Waals surface area contributed by atoms with Gasteiger partial charge >= 0.3 is 5.69 Å². The van der Waals surface area contributed by atoms with Crippen LogP contribution in [0.4, 0.5) is 5.69 Å². The number of thioether (sulfide) groups is 1. The second-order valence-corrected chi connectivity index (χ2v) is 6.80. The first kappa shape index (κ1) is 21.2. The first-order valence-electron chi connectivity index (χ1n) is 8.66. The highest BCUT2D eigenvalue weighted by Gasteiger charge is 2.19. The van der Waals surface area contributed by atoms with E-state index in [9.17, 15) is 10.1 Å². The Labute approximate surface area is 176 Å². The first-order chi connectivity index (χ1) is 14.5. The molecule has 30 heavy (non-hydrogen) atoms. The zero-order valence-corrected chi connectivity index (χ0v) is 17.5. The third-order valence-electron chi connectivity index (χ3n) is 4.11. The summed E-state index contributed by atoms with van der Waals surface area (Å²) in [4.78, 5) is 10.3. The van der Waals surface area contributed by atoms with Crippen LogP contribution in [-0.2, 0) is 12.4 Å². The fourth-order valence-corrected chi connectivity index (χ4v) is 3.56. The molecule has 0 saturated heterocycles. The van der Waals surface area contributed by atoms with Gasteiger partial charge in [-0.25, -0.2) is 0 Å². The number of nitrogens with zero attached hydrogens (tertiary/aromatic N) is 6. The number of hydrogen-bond acceptors (Lipinski definition) is 9. The SMILES string of the molecule is C=CCn1c(SCn2cc([N+](=O)[O-])cn2)nnc1-c1cc(OC)c(OC)c(OC)c1. The van der Waals surface area contributed by atoms with Crippen molar-refractivity contribution < 1.29 is 19.1 Å². The highest BCUT2D eigenvalue weighted by atomic mass is 32.2. The summed E-state index contributed by atoms with van der Waals surface area (Å²) in [6.07, 6.45) is 4.30. The van der Waals surface area contributed by atoms with Crippen LogP contribution < -0.4 is 14.2 Å². The van der Waals surface area contributed by atoms with Crippen LogP contribution in [0.1, 0.15) is 0 Å². The van der Waals surface area contributed by atoms with Gasteiger partial charge in [-0.1, -0.05) is 17.8 Å². The molecule has 0 aliphatic rings. The summed E-state index contributed by atoms with van der Waals surface area (Å²) in [6.45, 7) is 4.26. The predicted molar refractivity (Wildman–Crippen MR) is 110 cm³/mol. The van der Waals surface area contributed by atoms with Gasteiger partial charge in [-0.15, -0.1) is 16.8 Å². The third-order valence-corrected chi connectivity index (χ3v) is 5.06. The van der Waals surface area contributed by atoms with Crippen molar-refractivity contribution in [3.05, 3.63) is 47.3 Å². The van der Waals surface area contributed by atoms with E-state index in [4.69, 9.17) is 14.2 Å². The molecule has 0 atom stereocenters. The van der Waals surface area contributed by atoms with E-state index in [-0.39, 0.29) is 5.69 Å². The normalized spacial score (nSPS) is 10.6. The van der Waals surface area contributed by atoms with E-state index in [1.165, 1.54) is 35.9 Å². The van der Waals surface area contributed by atoms with Gasteiger partial charge in [0.05, 0.1) is 32.1 Å². The molecule has 0 aliphatic heterocycles. The maximum Gasteiger partial charge on any atom is 0.307 e. The highest BCUT2D eigenvalue weighted by Crippen LogP contribution is 2.41. The number of nitro groups is 1. The minimum Gasteiger partial charge on any atom is -0.493 e. The van der Waals surface area contributed by atoms with Gasteiger partial charge in [-0.2, -0.15) is 5.10 Å². The van der Waals surface area contributed by atoms with Crippen LogP contribution in [0, 0.1) is 10.1 Å². The molecule has 0 unspecified atom stereocenters. The molecular weight excluding hydrogens is 412 g/mol. The van der Waals surface area contributed by atoms with Crippen LogP contribution in [0.3, 0.4) is 0 Å². The molecule has 2 heterocycles. The Hall–Kier alpha value is -3.54. The molecule has 3 aromatic rings. The van der Waals surface area contributed by atoms with E-state index in [1.54, 1.807) is 32.4 Å². The van der Waals surface area contributed by atoms with E-state index < -0.39 is 4.92 Å². The van der Waals surface area contributed by atoms with E-state index in [2.05, 4.69) is 21.9 Å². The molecule has 12 heteroatoms. The maximum absolute atomic E-state index is 10.8. The predicted octanol–water partition coefficient (Wildman–Crippen LogP) is 3.01. The average molecular weight is 432 g/mol. The smallest absolute Gasteiger partial charge is 0.307 e. The molecule has 0 amide bonds. The van der Waals surface area contributed by atoms with Gasteiger partial charge < -0.3 is 14.2 Å². The molecule has 0 aliphatic carbocycles. The lowest BCUT2D eigenvalue weighted by atomic mass is 10.1. The van der Waals surface area contributed by atoms with Crippen molar-refractivity contribution in [3.8, 4) is 28.6 Å². The first-order valence-corrected chi connectivity index (χ1v) is 9.65. The van der Waals surface area contributed by atoms with Crippen LogP contribution in [-0.4, -0.2) is 50.8 Å². The number of aromatic nitrogens is 5. The molecule has 0 N–H and O–H groups in total. The number of ether oxygens (including phenoxy) is 3. The minimum absolute atomic E-state index is 0.0683. The van der Waals surface area contributed by atoms with Crippen molar-refractivity contribution in [2.45, 2.75) is 17.6 Å². The molecule has 0 fully saturated rings. The van der Waals surface area contributed by atoms with Gasteiger partial charge in [0.25, 0.3) is 0 Å². The zero-order chi connectivity index (χ0) is 21.7. The standard InChI is InChI=1S/C18H20N6O5S/c1-5-6-23-17(12-7-14(27-2)16(29-4)15(8-12)28-3)20-21-18(23)30-11-22-10-13(9-19-22)24(25)26/h5,7-10H,1,6,11H2,2-4H3. The summed E-state index contributed by atoms with van der Waals surface area (Å²) < 4.78 is 19.5. The Balaban J connectivity index is 1.94. The lowest BCUT2D eigenvalue weighted by Gasteiger charge is -2.14. The van der Waals surface area contributed by atoms with Gasteiger partial charge in [0.1, 0.15) is 12.4 Å². The molecule has 1 aromatic carbocycles. The van der Waals surface area contributed by atoms with Crippen molar-refractivity contribution in [3.63, 3.8) is 0 Å². The van der Waals surface area contributed by atoms with Crippen molar-refractivity contribution in [1.29, 1.82) is 0 Å². The molecule has 11 nitrogen and oxygen atoms in total. The van der Waals surface area contributed by atoms with Crippen molar-refractivity contribution in [2.75, 3.05) is 21.3 Å². The van der Waals surface area contributed by atoms with Gasteiger partial charge in [-0.3, -0.25) is 19.4 Å². The quantitative estimate of drug-likeness (QED) is 0.206. The van der Waals surface area contributed by atoms with Gasteiger partial charge in [0.15, 0.2) is 22.5 Å². The van der Waals surface area contributed by atoms with E-state index >= 15 is 0 Å². The molecule has 0 bridgehead atoms. The lowest BCUT2D eigenvalue weighted by Crippen LogP contribution is -2.03. The van der Waals surface area contributed by atoms with Crippen LogP contribution in [0.25, 0.3) is 11.4 Å². The second-order valence-electron chi connectivity index (χ2n) is 5.89. The monoisotopic (exact) mass is 432 g/mol. The molecule has 2 aromatic heterocycles. The number of allylic oxidation sites excluding steroid dienone is 1. The zero-order valence-electron chi connectivity index (χ0n) is 16.6. The van der Waals surface area contributed by atoms with Crippen LogP contribution >= 0.6 is 11.8 Å². The van der Waals surface area contributed by atoms with Gasteiger partial charge in [0.2, 0.25) is 5.75 Å². The summed E-state index contributed by atoms with van der Waals surface area (Å²) in [7, 11) is 4.62. The minimum atomic E-state index is -0.489. The molecular formula is C18H20N6O5S. The Bertz CT molecular complexity index is 1040. The number of hydrogen-bond donors (Lipinski definition) is 0. The Morgan fingerprint density at radius 2 is 1.90 bits per heavy atom. The summed E-state index contributed by atoms with van der Waals surface area (Å²) >= 11 is 1.34. The Kier molecular flexibility index (Phi) is 6.57. The van der Waals surface area contributed by atoms with Crippen LogP contribution in [0.5, 0.6) is 17.2 Å². The summed E-state index contributed by atoms with van der Waals surface area (Å²) in [5.41, 5.74) is 0.654. The largest absolute Gasteiger partial charge is 0.493 e. The van der Waals surface area contributed by atoms with Crippen molar-refractivity contribution >= 4 is 17.4 Å². The van der Waals surface area contributed by atoms with E-state index in [0.29, 0.717) is 40.7 Å². The maximum atomic E-state index is 10.8. The van der Waals surface area contributed by atoms with Crippen LogP contribution in [0.15, 0.2) is 42.3 Å². The molecule has 158 valence electrons. The van der Waals surface area contributed by atoms with Crippen molar-refractivity contribution in [2.24, 2.45) is 0 Å². The molecule has 0 radical (unpaired) electrons. The number of benzene rings is 1. The van der Waals surface area contributed by atoms with Crippen molar-refractivity contribution in [1.82, 2.24) is 24.5 Å². The second kappa shape index (κ2) is 9.31. The van der Waals surface area contributed by atoms with E-state index in [0.717, 1.165) is 5.56 Å². The average Bonchev–Trinajstić information content (AvgIpc) is 3.38. The molecule has 3 rings (SSSR count). The topological polar surface area (TPSA) is 119 Å². The fraction of sp³-hybridized carbons (Fsp3) is 0.278. The summed E-state index contributed by atoms with van der Waals surface area (Å²) in [5, 5.41) is 24.0. The summed E-state index contributed by atoms with van der Waals surface area (Å²) in [5.74, 6) is 2.39.